The molecule has 0 amide bonds. The SMILES string of the molecule is CC(C)c1ccc(C#N)nc1.CC(C)c1ccc(C(F)(F)F)cc1.CC(C)c1ccc(F)cn1.CC(C)c1ccccc1.CC(C)c1ccccn1.Cc1ccc(C(C)C)cn1.Cc1ccc(C(C)C)cn1.Cc1ccc(C(C)C)cn1.Cc1ccc(C(C)C)nc1.Cc1cccc(C(C)C)n1. The number of pyridine rings is 8. The minimum absolute atomic E-state index is 0.266. The van der Waals surface area contributed by atoms with Crippen LogP contribution in [0.2, 0.25) is 0 Å². The van der Waals surface area contributed by atoms with Crippen LogP contribution in [0.5, 0.6) is 0 Å². The molecule has 0 aliphatic heterocycles. The number of halogens is 4. The molecule has 0 atom stereocenters. The summed E-state index contributed by atoms with van der Waals surface area (Å²) in [6, 6.07) is 53.5. The summed E-state index contributed by atoms with van der Waals surface area (Å²) in [5.41, 5.74) is 17.4. The maximum Gasteiger partial charge on any atom is 0.416 e. The molecule has 8 heterocycles. The Kier molecular flexibility index (Phi) is 44.0. The molecule has 548 valence electrons. The predicted molar refractivity (Wildman–Crippen MR) is 421 cm³/mol. The molecule has 8 aromatic heterocycles. The Hall–Kier alpha value is -9.15. The molecule has 10 aromatic rings. The van der Waals surface area contributed by atoms with Crippen LogP contribution in [0.15, 0.2) is 207 Å². The number of hydrogen-bond acceptors (Lipinski definition) is 9. The van der Waals surface area contributed by atoms with Crippen LogP contribution in [-0.4, -0.2) is 39.9 Å². The largest absolute Gasteiger partial charge is 0.416 e. The second-order valence-electron chi connectivity index (χ2n) is 28.0. The normalized spacial score (nSPS) is 10.5. The molecule has 0 bridgehead atoms. The predicted octanol–water partition coefficient (Wildman–Crippen LogP) is 25.8. The Bertz CT molecular complexity index is 3440. The van der Waals surface area contributed by atoms with Crippen molar-refractivity contribution in [2.75, 3.05) is 0 Å². The zero-order valence-corrected chi connectivity index (χ0v) is 65.9. The van der Waals surface area contributed by atoms with Crippen LogP contribution in [0.3, 0.4) is 0 Å². The van der Waals surface area contributed by atoms with Crippen LogP contribution in [-0.2, 0) is 6.18 Å². The maximum absolute atomic E-state index is 12.3. The van der Waals surface area contributed by atoms with E-state index in [-0.39, 0.29) is 11.7 Å². The van der Waals surface area contributed by atoms with E-state index in [1.807, 2.05) is 129 Å². The summed E-state index contributed by atoms with van der Waals surface area (Å²) < 4.78 is 48.6. The molecule has 0 aliphatic rings. The van der Waals surface area contributed by atoms with Gasteiger partial charge in [-0.1, -0.05) is 223 Å². The highest BCUT2D eigenvalue weighted by Crippen LogP contribution is 2.30. The number of hydrogen-bond donors (Lipinski definition) is 0. The van der Waals surface area contributed by atoms with Gasteiger partial charge in [-0.2, -0.15) is 18.4 Å². The molecular formula is C89H119F4N9. The third kappa shape index (κ3) is 40.3. The fourth-order valence-electron chi connectivity index (χ4n) is 8.32. The fourth-order valence-corrected chi connectivity index (χ4v) is 8.32. The summed E-state index contributed by atoms with van der Waals surface area (Å²) in [6.45, 7) is 52.6. The monoisotopic (exact) mass is 1390 g/mol. The Morgan fingerprint density at radius 2 is 0.657 bits per heavy atom. The smallest absolute Gasteiger partial charge is 0.261 e. The quantitative estimate of drug-likeness (QED) is 0.123. The van der Waals surface area contributed by atoms with Crippen molar-refractivity contribution < 1.29 is 17.6 Å². The van der Waals surface area contributed by atoms with Crippen molar-refractivity contribution in [3.63, 3.8) is 0 Å². The van der Waals surface area contributed by atoms with Gasteiger partial charge in [0.2, 0.25) is 0 Å². The van der Waals surface area contributed by atoms with Crippen LogP contribution in [0.25, 0.3) is 0 Å². The van der Waals surface area contributed by atoms with Gasteiger partial charge >= 0.3 is 6.18 Å². The lowest BCUT2D eigenvalue weighted by Crippen LogP contribution is -2.04. The second kappa shape index (κ2) is 49.4. The first kappa shape index (κ1) is 90.9. The van der Waals surface area contributed by atoms with E-state index in [1.165, 1.54) is 69.2 Å². The van der Waals surface area contributed by atoms with Gasteiger partial charge in [0.15, 0.2) is 0 Å². The third-order valence-corrected chi connectivity index (χ3v) is 15.4. The van der Waals surface area contributed by atoms with Crippen molar-refractivity contribution in [2.24, 2.45) is 0 Å². The van der Waals surface area contributed by atoms with Gasteiger partial charge in [0, 0.05) is 82.7 Å². The molecule has 10 rings (SSSR count). The van der Waals surface area contributed by atoms with E-state index < -0.39 is 11.7 Å². The summed E-state index contributed by atoms with van der Waals surface area (Å²) in [5.74, 6) is 4.91. The molecule has 0 saturated carbocycles. The van der Waals surface area contributed by atoms with Crippen molar-refractivity contribution >= 4 is 0 Å². The first-order valence-corrected chi connectivity index (χ1v) is 35.7. The topological polar surface area (TPSA) is 127 Å². The molecule has 102 heavy (non-hydrogen) atoms. The summed E-state index contributed by atoms with van der Waals surface area (Å²) in [5, 5.41) is 8.45. The lowest BCUT2D eigenvalue weighted by molar-refractivity contribution is -0.137. The first-order valence-electron chi connectivity index (χ1n) is 35.7. The average Bonchev–Trinajstić information content (AvgIpc) is 0.856. The third-order valence-electron chi connectivity index (χ3n) is 15.4. The van der Waals surface area contributed by atoms with Crippen molar-refractivity contribution in [3.05, 3.63) is 309 Å². The molecule has 0 N–H and O–H groups in total. The molecule has 0 spiro atoms. The molecule has 0 unspecified atom stereocenters. The summed E-state index contributed by atoms with van der Waals surface area (Å²) in [6.07, 6.45) is 8.35. The zero-order valence-electron chi connectivity index (χ0n) is 65.9. The van der Waals surface area contributed by atoms with Crippen LogP contribution in [0.4, 0.5) is 17.6 Å². The van der Waals surface area contributed by atoms with Gasteiger partial charge in [0.25, 0.3) is 0 Å². The Balaban J connectivity index is 0.000000567. The van der Waals surface area contributed by atoms with Crippen LogP contribution in [0.1, 0.15) is 293 Å². The van der Waals surface area contributed by atoms with Gasteiger partial charge in [0.05, 0.1) is 11.8 Å². The lowest BCUT2D eigenvalue weighted by Gasteiger charge is -2.09. The van der Waals surface area contributed by atoms with E-state index in [1.54, 1.807) is 18.3 Å². The molecule has 13 heteroatoms. The number of aromatic nitrogens is 8. The number of alkyl halides is 3. The summed E-state index contributed by atoms with van der Waals surface area (Å²) >= 11 is 0. The summed E-state index contributed by atoms with van der Waals surface area (Å²) in [4.78, 5) is 33.3. The van der Waals surface area contributed by atoms with Gasteiger partial charge < -0.3 is 0 Å². The standard InChI is InChI=1S/C10H11F3.C9H10N2.5C9H13N.C9H12.C8H10FN.C8H11N/c1-7(2)8-3-5-9(6-4-8)10(11,12)13;1-7(2)8-3-4-9(5-10)11-6-8;3*1-7(2)9-5-4-8(3)10-6-9;1-7(2)9-5-4-8(3)6-10-9;1-7(2)9-6-4-5-8(3)10-9;1-8(2)9-6-4-3-5-7-9;1-6(2)8-4-3-7(9)5-10-8;1-7(2)8-5-3-4-6-9-8/h3-7H,1-2H3;3-4,6-7H,1-2H3;5*4-7H,1-3H3;3-8H,1-2H3;3-6H,1-2H3;3-7H,1-2H3. The molecule has 0 radical (unpaired) electrons. The van der Waals surface area contributed by atoms with Gasteiger partial charge in [-0.05, 0) is 212 Å². The molecular weight excluding hydrogens is 1270 g/mol. The minimum atomic E-state index is -4.23. The minimum Gasteiger partial charge on any atom is -0.261 e. The average molecular weight is 1390 g/mol. The first-order chi connectivity index (χ1) is 47.9. The van der Waals surface area contributed by atoms with Crippen LogP contribution < -0.4 is 0 Å². The van der Waals surface area contributed by atoms with Crippen molar-refractivity contribution in [1.29, 1.82) is 5.26 Å². The van der Waals surface area contributed by atoms with Crippen molar-refractivity contribution in [3.8, 4) is 6.07 Å². The van der Waals surface area contributed by atoms with E-state index in [0.29, 0.717) is 59.0 Å². The van der Waals surface area contributed by atoms with Crippen molar-refractivity contribution in [2.45, 2.75) is 238 Å². The molecule has 0 aliphatic carbocycles. The van der Waals surface area contributed by atoms with Gasteiger partial charge in [-0.25, -0.2) is 9.37 Å². The van der Waals surface area contributed by atoms with Crippen LogP contribution in [0, 0.1) is 51.8 Å². The highest BCUT2D eigenvalue weighted by Gasteiger charge is 2.30. The van der Waals surface area contributed by atoms with E-state index >= 15 is 0 Å². The van der Waals surface area contributed by atoms with E-state index in [0.717, 1.165) is 51.9 Å². The van der Waals surface area contributed by atoms with E-state index in [4.69, 9.17) is 5.26 Å². The number of benzene rings is 2. The Morgan fingerprint density at radius 1 is 0.294 bits per heavy atom. The second-order valence-corrected chi connectivity index (χ2v) is 28.0. The highest BCUT2D eigenvalue weighted by molar-refractivity contribution is 5.27. The van der Waals surface area contributed by atoms with Gasteiger partial charge in [0.1, 0.15) is 17.6 Å². The number of rotatable bonds is 10. The molecule has 2 aromatic carbocycles. The van der Waals surface area contributed by atoms with Gasteiger partial charge in [-0.15, -0.1) is 0 Å². The van der Waals surface area contributed by atoms with E-state index in [2.05, 4.69) is 243 Å². The highest BCUT2D eigenvalue weighted by atomic mass is 19.4. The van der Waals surface area contributed by atoms with E-state index in [9.17, 15) is 17.6 Å². The molecule has 0 saturated heterocycles. The Morgan fingerprint density at radius 3 is 0.931 bits per heavy atom. The van der Waals surface area contributed by atoms with Crippen molar-refractivity contribution in [1.82, 2.24) is 39.9 Å². The maximum atomic E-state index is 12.3. The van der Waals surface area contributed by atoms with Gasteiger partial charge in [-0.3, -0.25) is 34.9 Å². The lowest BCUT2D eigenvalue weighted by atomic mass is 10.0. The summed E-state index contributed by atoms with van der Waals surface area (Å²) in [7, 11) is 0. The number of aryl methyl sites for hydroxylation is 5. The fraction of sp³-hybridized carbons (Fsp3) is 0.404. The number of nitrogens with zero attached hydrogens (tertiary/aromatic N) is 9. The molecule has 9 nitrogen and oxygen atoms in total. The molecule has 0 fully saturated rings. The Labute approximate surface area is 612 Å². The zero-order chi connectivity index (χ0) is 77.1. The number of nitriles is 1. The van der Waals surface area contributed by atoms with Crippen LogP contribution >= 0.6 is 0 Å².